The second kappa shape index (κ2) is 70.7. The first kappa shape index (κ1) is 96.1. The van der Waals surface area contributed by atoms with Crippen LogP contribution >= 0.6 is 15.6 Å². The van der Waals surface area contributed by atoms with Crippen LogP contribution in [-0.4, -0.2) is 96.7 Å². The quantitative estimate of drug-likeness (QED) is 0.0222. The van der Waals surface area contributed by atoms with Crippen molar-refractivity contribution in [1.82, 2.24) is 0 Å². The summed E-state index contributed by atoms with van der Waals surface area (Å²) in [4.78, 5) is 72.9. The summed E-state index contributed by atoms with van der Waals surface area (Å²) in [6.07, 6.45) is 59.7. The Labute approximate surface area is 600 Å². The van der Waals surface area contributed by atoms with E-state index in [1.54, 1.807) is 0 Å². The van der Waals surface area contributed by atoms with Gasteiger partial charge in [-0.3, -0.25) is 37.3 Å². The van der Waals surface area contributed by atoms with Crippen molar-refractivity contribution in [2.75, 3.05) is 39.6 Å². The van der Waals surface area contributed by atoms with Crippen LogP contribution in [0.15, 0.2) is 0 Å². The molecule has 0 heterocycles. The lowest BCUT2D eigenvalue weighted by Gasteiger charge is -2.21. The molecule has 0 aliphatic carbocycles. The molecular weight excluding hydrogens is 1280 g/mol. The third-order valence-electron chi connectivity index (χ3n) is 18.5. The minimum atomic E-state index is -4.96. The van der Waals surface area contributed by atoms with Crippen LogP contribution in [-0.2, 0) is 65.4 Å². The fourth-order valence-corrected chi connectivity index (χ4v) is 13.8. The van der Waals surface area contributed by atoms with E-state index in [9.17, 15) is 43.2 Å². The monoisotopic (exact) mass is 1440 g/mol. The number of phosphoric ester groups is 2. The molecule has 0 spiro atoms. The molecular formula is C79H154O17P2. The number of unbranched alkanes of at least 4 members (excludes halogenated alkanes) is 48. The Kier molecular flexibility index (Phi) is 69.3. The molecule has 98 heavy (non-hydrogen) atoms. The number of aliphatic hydroxyl groups is 1. The van der Waals surface area contributed by atoms with Gasteiger partial charge in [0.2, 0.25) is 0 Å². The van der Waals surface area contributed by atoms with Crippen molar-refractivity contribution in [1.29, 1.82) is 0 Å². The minimum Gasteiger partial charge on any atom is -0.462 e. The molecule has 0 bridgehead atoms. The van der Waals surface area contributed by atoms with Crippen LogP contribution in [0.2, 0.25) is 0 Å². The summed E-state index contributed by atoms with van der Waals surface area (Å²) in [6.45, 7) is 9.60. The van der Waals surface area contributed by atoms with Crippen molar-refractivity contribution in [3.63, 3.8) is 0 Å². The first-order valence-electron chi connectivity index (χ1n) is 41.0. The van der Waals surface area contributed by atoms with Crippen molar-refractivity contribution in [2.45, 2.75) is 432 Å². The van der Waals surface area contributed by atoms with Crippen LogP contribution < -0.4 is 0 Å². The number of ether oxygens (including phenoxy) is 4. The molecule has 0 saturated carbocycles. The van der Waals surface area contributed by atoms with Gasteiger partial charge < -0.3 is 33.8 Å². The molecule has 0 aliphatic heterocycles. The first-order valence-corrected chi connectivity index (χ1v) is 44.0. The summed E-state index contributed by atoms with van der Waals surface area (Å²) < 4.78 is 68.6. The minimum absolute atomic E-state index is 0.105. The molecule has 582 valence electrons. The van der Waals surface area contributed by atoms with Gasteiger partial charge in [-0.2, -0.15) is 0 Å². The predicted molar refractivity (Wildman–Crippen MR) is 400 cm³/mol. The van der Waals surface area contributed by atoms with Gasteiger partial charge >= 0.3 is 39.5 Å². The number of carbonyl (C=O) groups excluding carboxylic acids is 4. The zero-order chi connectivity index (χ0) is 72.1. The summed E-state index contributed by atoms with van der Waals surface area (Å²) in [6, 6.07) is 0. The molecule has 3 N–H and O–H groups in total. The Morgan fingerprint density at radius 1 is 0.276 bits per heavy atom. The molecule has 0 aromatic carbocycles. The number of carbonyl (C=O) groups is 4. The van der Waals surface area contributed by atoms with E-state index in [1.807, 2.05) is 0 Å². The number of rotatable bonds is 78. The average molecular weight is 1440 g/mol. The highest BCUT2D eigenvalue weighted by molar-refractivity contribution is 7.47. The van der Waals surface area contributed by atoms with Gasteiger partial charge in [0.25, 0.3) is 0 Å². The largest absolute Gasteiger partial charge is 0.472 e. The van der Waals surface area contributed by atoms with Crippen LogP contribution in [0.5, 0.6) is 0 Å². The first-order chi connectivity index (χ1) is 47.4. The van der Waals surface area contributed by atoms with Crippen molar-refractivity contribution < 1.29 is 80.2 Å². The summed E-state index contributed by atoms with van der Waals surface area (Å²) in [5.74, 6) is -0.591. The zero-order valence-electron chi connectivity index (χ0n) is 64.1. The Balaban J connectivity index is 5.23. The number of esters is 4. The molecule has 0 aliphatic rings. The van der Waals surface area contributed by atoms with E-state index in [4.69, 9.17) is 37.0 Å². The van der Waals surface area contributed by atoms with Crippen LogP contribution in [0.25, 0.3) is 0 Å². The van der Waals surface area contributed by atoms with Gasteiger partial charge in [0.05, 0.1) is 26.4 Å². The molecule has 0 fully saturated rings. The highest BCUT2D eigenvalue weighted by Gasteiger charge is 2.30. The number of hydrogen-bond acceptors (Lipinski definition) is 15. The second-order valence-electron chi connectivity index (χ2n) is 29.4. The molecule has 17 nitrogen and oxygen atoms in total. The maximum atomic E-state index is 13.1. The average Bonchev–Trinajstić information content (AvgIpc) is 1.24. The topological polar surface area (TPSA) is 237 Å². The number of aliphatic hydroxyl groups excluding tert-OH is 1. The van der Waals surface area contributed by atoms with Crippen molar-refractivity contribution in [2.24, 2.45) is 11.8 Å². The molecule has 0 aromatic heterocycles. The Morgan fingerprint density at radius 2 is 0.469 bits per heavy atom. The fourth-order valence-electron chi connectivity index (χ4n) is 12.2. The molecule has 2 unspecified atom stereocenters. The molecule has 19 heteroatoms. The van der Waals surface area contributed by atoms with E-state index < -0.39 is 97.5 Å². The highest BCUT2D eigenvalue weighted by Crippen LogP contribution is 2.45. The van der Waals surface area contributed by atoms with Gasteiger partial charge in [-0.25, -0.2) is 9.13 Å². The maximum absolute atomic E-state index is 13.1. The number of phosphoric acid groups is 2. The lowest BCUT2D eigenvalue weighted by atomic mass is 10.0. The third-order valence-corrected chi connectivity index (χ3v) is 20.4. The SMILES string of the molecule is CCCCCCCCCCCCCCCCCCCCC(=O)OC[C@H](COP(=O)(O)OC[C@@H](O)COP(=O)(O)OC[C@@H](COC(=O)CCCCCCCCCCCCC)OC(=O)CCCCCCCCCCC(C)C)OC(=O)CCCCCCCCCCCCCCCCCC(C)C. The number of hydrogen-bond donors (Lipinski definition) is 3. The van der Waals surface area contributed by atoms with E-state index in [2.05, 4.69) is 41.5 Å². The Bertz CT molecular complexity index is 1890. The van der Waals surface area contributed by atoms with Crippen LogP contribution in [0, 0.1) is 11.8 Å². The van der Waals surface area contributed by atoms with E-state index >= 15 is 0 Å². The van der Waals surface area contributed by atoms with Gasteiger partial charge in [0, 0.05) is 25.7 Å². The fraction of sp³-hybridized carbons (Fsp3) is 0.949. The van der Waals surface area contributed by atoms with E-state index in [-0.39, 0.29) is 25.7 Å². The lowest BCUT2D eigenvalue weighted by molar-refractivity contribution is -0.161. The summed E-state index contributed by atoms with van der Waals surface area (Å²) >= 11 is 0. The van der Waals surface area contributed by atoms with Gasteiger partial charge in [-0.15, -0.1) is 0 Å². The van der Waals surface area contributed by atoms with Gasteiger partial charge in [-0.1, -0.05) is 363 Å². The van der Waals surface area contributed by atoms with E-state index in [1.165, 1.54) is 231 Å². The van der Waals surface area contributed by atoms with E-state index in [0.29, 0.717) is 25.7 Å². The predicted octanol–water partition coefficient (Wildman–Crippen LogP) is 23.5. The van der Waals surface area contributed by atoms with Crippen molar-refractivity contribution >= 4 is 39.5 Å². The highest BCUT2D eigenvalue weighted by atomic mass is 31.2. The zero-order valence-corrected chi connectivity index (χ0v) is 65.9. The molecule has 0 amide bonds. The summed E-state index contributed by atoms with van der Waals surface area (Å²) in [7, 11) is -9.91. The standard InChI is InChI=1S/C79H154O17P2/c1-7-9-11-13-15-17-19-20-21-22-23-26-29-33-37-44-50-56-62-77(82)90-67-74(95-78(83)63-57-51-45-38-34-30-27-24-25-28-32-35-41-47-53-59-71(3)4)69-93-97(85,86)91-65-73(80)66-92-98(87,88)94-70-75(96-79(84)64-58-52-46-40-39-42-48-54-60-72(5)6)68-89-76(81)61-55-49-43-36-31-18-16-14-12-10-8-2/h71-75,80H,7-70H2,1-6H3,(H,85,86)(H,87,88)/t73-,74-,75-/m1/s1. The normalized spacial score (nSPS) is 13.9. The lowest BCUT2D eigenvalue weighted by Crippen LogP contribution is -2.30. The molecule has 0 aromatic rings. The molecule has 0 radical (unpaired) electrons. The summed E-state index contributed by atoms with van der Waals surface area (Å²) in [5.41, 5.74) is 0. The van der Waals surface area contributed by atoms with Crippen LogP contribution in [0.4, 0.5) is 0 Å². The Morgan fingerprint density at radius 3 is 0.694 bits per heavy atom. The Hall–Kier alpha value is -1.94. The van der Waals surface area contributed by atoms with Crippen LogP contribution in [0.3, 0.4) is 0 Å². The third kappa shape index (κ3) is 72.4. The van der Waals surface area contributed by atoms with Gasteiger partial charge in [-0.05, 0) is 37.5 Å². The molecule has 0 saturated heterocycles. The van der Waals surface area contributed by atoms with Crippen LogP contribution in [0.1, 0.15) is 414 Å². The van der Waals surface area contributed by atoms with Crippen molar-refractivity contribution in [3.05, 3.63) is 0 Å². The van der Waals surface area contributed by atoms with Gasteiger partial charge in [0.15, 0.2) is 12.2 Å². The van der Waals surface area contributed by atoms with E-state index in [0.717, 1.165) is 102 Å². The maximum Gasteiger partial charge on any atom is 0.472 e. The van der Waals surface area contributed by atoms with Gasteiger partial charge in [0.1, 0.15) is 19.3 Å². The van der Waals surface area contributed by atoms with Crippen molar-refractivity contribution in [3.8, 4) is 0 Å². The summed E-state index contributed by atoms with van der Waals surface area (Å²) in [5, 5.41) is 10.6. The molecule has 5 atom stereocenters. The smallest absolute Gasteiger partial charge is 0.462 e. The second-order valence-corrected chi connectivity index (χ2v) is 32.3. The molecule has 0 rings (SSSR count).